The Hall–Kier alpha value is -2.51. The molecule has 0 radical (unpaired) electrons. The van der Waals surface area contributed by atoms with Gasteiger partial charge in [-0.05, 0) is 55.8 Å². The Labute approximate surface area is 187 Å². The van der Waals surface area contributed by atoms with Gasteiger partial charge in [-0.15, -0.1) is 0 Å². The van der Waals surface area contributed by atoms with E-state index in [1.807, 2.05) is 12.1 Å². The van der Waals surface area contributed by atoms with Crippen molar-refractivity contribution in [2.45, 2.75) is 25.9 Å². The van der Waals surface area contributed by atoms with Crippen LogP contribution >= 0.6 is 11.6 Å². The van der Waals surface area contributed by atoms with Gasteiger partial charge < -0.3 is 19.5 Å². The van der Waals surface area contributed by atoms with Crippen molar-refractivity contribution in [1.29, 1.82) is 0 Å². The predicted octanol–water partition coefficient (Wildman–Crippen LogP) is 4.03. The van der Waals surface area contributed by atoms with E-state index in [4.69, 9.17) is 25.8 Å². The average Bonchev–Trinajstić information content (AvgIpc) is 2.78. The molecule has 0 bridgehead atoms. The largest absolute Gasteiger partial charge is 0.493 e. The Morgan fingerprint density at radius 3 is 2.29 bits per heavy atom. The number of likely N-dealkylation sites (tertiary alicyclic amines) is 1. The SMILES string of the molecule is COc1cc(CNC(=O)C2CCN(Cc3ccc(Cl)cc3F)CC2)cc(OC)c1OC. The first-order chi connectivity index (χ1) is 14.9. The molecule has 1 fully saturated rings. The van der Waals surface area contributed by atoms with Crippen LogP contribution in [0, 0.1) is 11.7 Å². The third-order valence-corrected chi connectivity index (χ3v) is 5.79. The normalized spacial score (nSPS) is 14.9. The summed E-state index contributed by atoms with van der Waals surface area (Å²) < 4.78 is 30.1. The number of piperidine rings is 1. The smallest absolute Gasteiger partial charge is 0.223 e. The number of methoxy groups -OCH3 is 3. The molecule has 1 heterocycles. The molecule has 2 aromatic rings. The van der Waals surface area contributed by atoms with E-state index >= 15 is 0 Å². The lowest BCUT2D eigenvalue weighted by Gasteiger charge is -2.31. The summed E-state index contributed by atoms with van der Waals surface area (Å²) >= 11 is 5.82. The van der Waals surface area contributed by atoms with Crippen molar-refractivity contribution in [1.82, 2.24) is 10.2 Å². The van der Waals surface area contributed by atoms with Crippen molar-refractivity contribution in [2.75, 3.05) is 34.4 Å². The maximum Gasteiger partial charge on any atom is 0.223 e. The first-order valence-electron chi connectivity index (χ1n) is 10.2. The number of ether oxygens (including phenoxy) is 3. The van der Waals surface area contributed by atoms with Gasteiger partial charge in [0, 0.05) is 29.6 Å². The summed E-state index contributed by atoms with van der Waals surface area (Å²) in [4.78, 5) is 14.8. The minimum atomic E-state index is -0.294. The Bertz CT molecular complexity index is 891. The van der Waals surface area contributed by atoms with Gasteiger partial charge in [-0.2, -0.15) is 0 Å². The first kappa shape index (κ1) is 23.2. The molecule has 8 heteroatoms. The highest BCUT2D eigenvalue weighted by molar-refractivity contribution is 6.30. The molecule has 1 N–H and O–H groups in total. The minimum absolute atomic E-state index is 0.0195. The summed E-state index contributed by atoms with van der Waals surface area (Å²) in [6.07, 6.45) is 1.46. The molecule has 2 aromatic carbocycles. The van der Waals surface area contributed by atoms with Crippen LogP contribution in [-0.2, 0) is 17.9 Å². The van der Waals surface area contributed by atoms with E-state index in [1.165, 1.54) is 6.07 Å². The molecule has 1 aliphatic rings. The fourth-order valence-corrected chi connectivity index (χ4v) is 3.97. The van der Waals surface area contributed by atoms with Crippen molar-refractivity contribution in [2.24, 2.45) is 5.92 Å². The molecule has 6 nitrogen and oxygen atoms in total. The second-order valence-electron chi connectivity index (χ2n) is 7.54. The third-order valence-electron chi connectivity index (χ3n) is 5.56. The molecule has 1 saturated heterocycles. The summed E-state index contributed by atoms with van der Waals surface area (Å²) in [6.45, 7) is 2.36. The van der Waals surface area contributed by atoms with Gasteiger partial charge in [-0.3, -0.25) is 9.69 Å². The molecule has 0 aromatic heterocycles. The first-order valence-corrected chi connectivity index (χ1v) is 10.6. The van der Waals surface area contributed by atoms with E-state index in [2.05, 4.69) is 10.2 Å². The maximum atomic E-state index is 14.0. The number of hydrogen-bond acceptors (Lipinski definition) is 5. The number of hydrogen-bond donors (Lipinski definition) is 1. The molecule has 0 spiro atoms. The number of nitrogens with one attached hydrogen (secondary N) is 1. The van der Waals surface area contributed by atoms with Crippen LogP contribution in [0.4, 0.5) is 4.39 Å². The lowest BCUT2D eigenvalue weighted by molar-refractivity contribution is -0.126. The van der Waals surface area contributed by atoms with Gasteiger partial charge in [-0.1, -0.05) is 17.7 Å². The summed E-state index contributed by atoms with van der Waals surface area (Å²) in [5.74, 6) is 1.28. The highest BCUT2D eigenvalue weighted by Crippen LogP contribution is 2.38. The molecule has 0 unspecified atom stereocenters. The highest BCUT2D eigenvalue weighted by atomic mass is 35.5. The number of benzene rings is 2. The van der Waals surface area contributed by atoms with Crippen LogP contribution in [0.5, 0.6) is 17.2 Å². The Kier molecular flexibility index (Phi) is 7.98. The second-order valence-corrected chi connectivity index (χ2v) is 7.97. The topological polar surface area (TPSA) is 60.0 Å². The van der Waals surface area contributed by atoms with Crippen LogP contribution in [0.2, 0.25) is 5.02 Å². The maximum absolute atomic E-state index is 14.0. The zero-order valence-electron chi connectivity index (χ0n) is 18.0. The van der Waals surface area contributed by atoms with E-state index < -0.39 is 0 Å². The molecule has 3 rings (SSSR count). The van der Waals surface area contributed by atoms with E-state index in [-0.39, 0.29) is 17.6 Å². The van der Waals surface area contributed by atoms with Crippen molar-refractivity contribution < 1.29 is 23.4 Å². The molecule has 1 amide bonds. The quantitative estimate of drug-likeness (QED) is 0.658. The summed E-state index contributed by atoms with van der Waals surface area (Å²) in [5, 5.41) is 3.40. The van der Waals surface area contributed by atoms with Crippen LogP contribution in [0.3, 0.4) is 0 Å². The third kappa shape index (κ3) is 5.80. The second kappa shape index (κ2) is 10.7. The lowest BCUT2D eigenvalue weighted by Crippen LogP contribution is -2.40. The summed E-state index contributed by atoms with van der Waals surface area (Å²) in [5.41, 5.74) is 1.48. The number of carbonyl (C=O) groups is 1. The standard InChI is InChI=1S/C23H28ClFN2O4/c1-29-20-10-15(11-21(30-2)22(20)31-3)13-26-23(28)16-6-8-27(9-7-16)14-17-4-5-18(24)12-19(17)25/h4-5,10-12,16H,6-9,13-14H2,1-3H3,(H,26,28). The van der Waals surface area contributed by atoms with Crippen LogP contribution in [-0.4, -0.2) is 45.2 Å². The molecule has 31 heavy (non-hydrogen) atoms. The molecule has 168 valence electrons. The van der Waals surface area contributed by atoms with Crippen LogP contribution < -0.4 is 19.5 Å². The van der Waals surface area contributed by atoms with Crippen molar-refractivity contribution >= 4 is 17.5 Å². The molecule has 0 atom stereocenters. The lowest BCUT2D eigenvalue weighted by atomic mass is 9.95. The Morgan fingerprint density at radius 1 is 1.10 bits per heavy atom. The molecular weight excluding hydrogens is 423 g/mol. The zero-order valence-corrected chi connectivity index (χ0v) is 18.8. The van der Waals surface area contributed by atoms with Gasteiger partial charge in [-0.25, -0.2) is 4.39 Å². The Morgan fingerprint density at radius 2 is 1.74 bits per heavy atom. The van der Waals surface area contributed by atoms with E-state index in [9.17, 15) is 9.18 Å². The minimum Gasteiger partial charge on any atom is -0.493 e. The van der Waals surface area contributed by atoms with Crippen LogP contribution in [0.25, 0.3) is 0 Å². The van der Waals surface area contributed by atoms with Gasteiger partial charge in [0.05, 0.1) is 21.3 Å². The van der Waals surface area contributed by atoms with Gasteiger partial charge in [0.1, 0.15) is 5.82 Å². The van der Waals surface area contributed by atoms with Gasteiger partial charge in [0.25, 0.3) is 0 Å². The monoisotopic (exact) mass is 450 g/mol. The average molecular weight is 451 g/mol. The van der Waals surface area contributed by atoms with E-state index in [1.54, 1.807) is 33.5 Å². The number of halogens is 2. The van der Waals surface area contributed by atoms with E-state index in [0.717, 1.165) is 31.5 Å². The highest BCUT2D eigenvalue weighted by Gasteiger charge is 2.25. The van der Waals surface area contributed by atoms with Crippen LogP contribution in [0.15, 0.2) is 30.3 Å². The number of rotatable bonds is 8. The van der Waals surface area contributed by atoms with Crippen molar-refractivity contribution in [3.63, 3.8) is 0 Å². The van der Waals surface area contributed by atoms with Gasteiger partial charge in [0.2, 0.25) is 11.7 Å². The number of nitrogens with zero attached hydrogens (tertiary/aromatic N) is 1. The molecular formula is C23H28ClFN2O4. The molecule has 1 aliphatic heterocycles. The van der Waals surface area contributed by atoms with Crippen molar-refractivity contribution in [3.05, 3.63) is 52.3 Å². The van der Waals surface area contributed by atoms with Crippen LogP contribution in [0.1, 0.15) is 24.0 Å². The van der Waals surface area contributed by atoms with E-state index in [0.29, 0.717) is 40.9 Å². The summed E-state index contributed by atoms with van der Waals surface area (Å²) in [7, 11) is 4.67. The van der Waals surface area contributed by atoms with Gasteiger partial charge >= 0.3 is 0 Å². The number of carbonyl (C=O) groups excluding carboxylic acids is 1. The number of amides is 1. The molecule has 0 aliphatic carbocycles. The predicted molar refractivity (Wildman–Crippen MR) is 117 cm³/mol. The van der Waals surface area contributed by atoms with Crippen molar-refractivity contribution in [3.8, 4) is 17.2 Å². The fraction of sp³-hybridized carbons (Fsp3) is 0.435. The summed E-state index contributed by atoms with van der Waals surface area (Å²) in [6, 6.07) is 8.40. The fourth-order valence-electron chi connectivity index (χ4n) is 3.82. The molecule has 0 saturated carbocycles. The Balaban J connectivity index is 1.52. The van der Waals surface area contributed by atoms with Gasteiger partial charge in [0.15, 0.2) is 11.5 Å². The zero-order chi connectivity index (χ0) is 22.4.